The lowest BCUT2D eigenvalue weighted by atomic mass is 9.89. The standard InChI is InChI=1S/C17H33NO/c1-2-13-18-17-12-5-3-4-8-15(17)9-6-10-16-11-7-14-19-16/h15-18H,2-14H2,1H3. The van der Waals surface area contributed by atoms with Crippen LogP contribution in [0.2, 0.25) is 0 Å². The number of ether oxygens (including phenoxy) is 1. The van der Waals surface area contributed by atoms with E-state index in [4.69, 9.17) is 4.74 Å². The summed E-state index contributed by atoms with van der Waals surface area (Å²) in [4.78, 5) is 0. The van der Waals surface area contributed by atoms with E-state index in [-0.39, 0.29) is 0 Å². The summed E-state index contributed by atoms with van der Waals surface area (Å²) in [5, 5.41) is 3.81. The molecule has 3 atom stereocenters. The van der Waals surface area contributed by atoms with Crippen molar-refractivity contribution in [3.8, 4) is 0 Å². The maximum Gasteiger partial charge on any atom is 0.0576 e. The number of hydrogen-bond acceptors (Lipinski definition) is 2. The smallest absolute Gasteiger partial charge is 0.0576 e. The molecule has 0 spiro atoms. The summed E-state index contributed by atoms with van der Waals surface area (Å²) >= 11 is 0. The van der Waals surface area contributed by atoms with Crippen LogP contribution in [-0.4, -0.2) is 25.3 Å². The molecule has 2 fully saturated rings. The first-order valence-electron chi connectivity index (χ1n) is 8.75. The summed E-state index contributed by atoms with van der Waals surface area (Å²) in [7, 11) is 0. The first kappa shape index (κ1) is 15.3. The van der Waals surface area contributed by atoms with Gasteiger partial charge < -0.3 is 10.1 Å². The zero-order valence-corrected chi connectivity index (χ0v) is 12.8. The van der Waals surface area contributed by atoms with Gasteiger partial charge in [0.15, 0.2) is 0 Å². The predicted octanol–water partition coefficient (Wildman–Crippen LogP) is 4.28. The largest absolute Gasteiger partial charge is 0.378 e. The fourth-order valence-corrected chi connectivity index (χ4v) is 3.81. The molecule has 1 aliphatic carbocycles. The minimum absolute atomic E-state index is 0.591. The first-order valence-corrected chi connectivity index (χ1v) is 8.75. The quantitative estimate of drug-likeness (QED) is 0.695. The van der Waals surface area contributed by atoms with Crippen molar-refractivity contribution in [3.63, 3.8) is 0 Å². The Morgan fingerprint density at radius 3 is 2.68 bits per heavy atom. The van der Waals surface area contributed by atoms with Gasteiger partial charge in [0.05, 0.1) is 6.10 Å². The van der Waals surface area contributed by atoms with E-state index in [0.29, 0.717) is 6.10 Å². The van der Waals surface area contributed by atoms with Crippen LogP contribution in [0.25, 0.3) is 0 Å². The van der Waals surface area contributed by atoms with Gasteiger partial charge in [-0.25, -0.2) is 0 Å². The Morgan fingerprint density at radius 2 is 1.89 bits per heavy atom. The SMILES string of the molecule is CCCNC1CCCCCC1CCCC1CCCO1. The van der Waals surface area contributed by atoms with Crippen molar-refractivity contribution in [3.05, 3.63) is 0 Å². The highest BCUT2D eigenvalue weighted by Crippen LogP contribution is 2.29. The van der Waals surface area contributed by atoms with Gasteiger partial charge in [0, 0.05) is 12.6 Å². The molecule has 1 N–H and O–H groups in total. The van der Waals surface area contributed by atoms with Gasteiger partial charge in [0.1, 0.15) is 0 Å². The second-order valence-corrected chi connectivity index (χ2v) is 6.52. The maximum absolute atomic E-state index is 5.74. The van der Waals surface area contributed by atoms with Crippen molar-refractivity contribution < 1.29 is 4.74 Å². The monoisotopic (exact) mass is 267 g/mol. The van der Waals surface area contributed by atoms with E-state index in [1.165, 1.54) is 77.2 Å². The molecule has 0 amide bonds. The second kappa shape index (κ2) is 8.97. The van der Waals surface area contributed by atoms with Crippen molar-refractivity contribution in [2.75, 3.05) is 13.2 Å². The topological polar surface area (TPSA) is 21.3 Å². The van der Waals surface area contributed by atoms with Gasteiger partial charge in [-0.15, -0.1) is 0 Å². The minimum atomic E-state index is 0.591. The van der Waals surface area contributed by atoms with Gasteiger partial charge >= 0.3 is 0 Å². The van der Waals surface area contributed by atoms with E-state index in [0.717, 1.165) is 18.6 Å². The van der Waals surface area contributed by atoms with E-state index >= 15 is 0 Å². The zero-order valence-electron chi connectivity index (χ0n) is 12.8. The highest BCUT2D eigenvalue weighted by Gasteiger charge is 2.23. The molecule has 0 aromatic carbocycles. The predicted molar refractivity (Wildman–Crippen MR) is 81.5 cm³/mol. The highest BCUT2D eigenvalue weighted by atomic mass is 16.5. The zero-order chi connectivity index (χ0) is 13.3. The lowest BCUT2D eigenvalue weighted by Crippen LogP contribution is -2.36. The van der Waals surface area contributed by atoms with Crippen LogP contribution < -0.4 is 5.32 Å². The molecular formula is C17H33NO. The first-order chi connectivity index (χ1) is 9.40. The summed E-state index contributed by atoms with van der Waals surface area (Å²) < 4.78 is 5.74. The van der Waals surface area contributed by atoms with Crippen molar-refractivity contribution in [1.29, 1.82) is 0 Å². The Balaban J connectivity index is 1.69. The van der Waals surface area contributed by atoms with Crippen molar-refractivity contribution >= 4 is 0 Å². The third-order valence-corrected chi connectivity index (χ3v) is 4.94. The Kier molecular flexibility index (Phi) is 7.23. The Hall–Kier alpha value is -0.0800. The third kappa shape index (κ3) is 5.43. The van der Waals surface area contributed by atoms with Crippen LogP contribution >= 0.6 is 0 Å². The van der Waals surface area contributed by atoms with Crippen LogP contribution in [0.3, 0.4) is 0 Å². The third-order valence-electron chi connectivity index (χ3n) is 4.94. The molecule has 19 heavy (non-hydrogen) atoms. The van der Waals surface area contributed by atoms with Crippen molar-refractivity contribution in [2.24, 2.45) is 5.92 Å². The highest BCUT2D eigenvalue weighted by molar-refractivity contribution is 4.80. The van der Waals surface area contributed by atoms with E-state index in [2.05, 4.69) is 12.2 Å². The van der Waals surface area contributed by atoms with E-state index in [1.807, 2.05) is 0 Å². The van der Waals surface area contributed by atoms with Gasteiger partial charge in [-0.3, -0.25) is 0 Å². The number of hydrogen-bond donors (Lipinski definition) is 1. The van der Waals surface area contributed by atoms with E-state index < -0.39 is 0 Å². The van der Waals surface area contributed by atoms with Crippen molar-refractivity contribution in [2.45, 2.75) is 89.7 Å². The second-order valence-electron chi connectivity index (χ2n) is 6.52. The van der Waals surface area contributed by atoms with Gasteiger partial charge in [-0.05, 0) is 57.4 Å². The van der Waals surface area contributed by atoms with Gasteiger partial charge in [-0.2, -0.15) is 0 Å². The fraction of sp³-hybridized carbons (Fsp3) is 1.00. The summed E-state index contributed by atoms with van der Waals surface area (Å²) in [5.41, 5.74) is 0. The molecule has 112 valence electrons. The summed E-state index contributed by atoms with van der Waals surface area (Å²) in [5.74, 6) is 0.926. The van der Waals surface area contributed by atoms with Crippen LogP contribution in [0.1, 0.15) is 77.6 Å². The van der Waals surface area contributed by atoms with Crippen molar-refractivity contribution in [1.82, 2.24) is 5.32 Å². The molecule has 1 aliphatic heterocycles. The average Bonchev–Trinajstić information content (AvgIpc) is 2.84. The lowest BCUT2D eigenvalue weighted by molar-refractivity contribution is 0.0997. The van der Waals surface area contributed by atoms with Gasteiger partial charge in [-0.1, -0.05) is 32.6 Å². The molecule has 2 heteroatoms. The van der Waals surface area contributed by atoms with Gasteiger partial charge in [0.25, 0.3) is 0 Å². The Bertz CT molecular complexity index is 225. The summed E-state index contributed by atoms with van der Waals surface area (Å²) in [6.07, 6.45) is 15.7. The van der Waals surface area contributed by atoms with E-state index in [9.17, 15) is 0 Å². The van der Waals surface area contributed by atoms with Crippen LogP contribution in [-0.2, 0) is 4.74 Å². The summed E-state index contributed by atoms with van der Waals surface area (Å²) in [6, 6.07) is 0.798. The molecule has 1 saturated heterocycles. The molecule has 2 nitrogen and oxygen atoms in total. The number of nitrogens with one attached hydrogen (secondary N) is 1. The van der Waals surface area contributed by atoms with Crippen LogP contribution in [0, 0.1) is 5.92 Å². The minimum Gasteiger partial charge on any atom is -0.378 e. The molecule has 0 bridgehead atoms. The molecular weight excluding hydrogens is 234 g/mol. The molecule has 3 unspecified atom stereocenters. The normalized spacial score (nSPS) is 32.4. The number of rotatable bonds is 7. The molecule has 0 aromatic rings. The van der Waals surface area contributed by atoms with Crippen LogP contribution in [0.5, 0.6) is 0 Å². The molecule has 0 radical (unpaired) electrons. The molecule has 0 aromatic heterocycles. The maximum atomic E-state index is 5.74. The Labute approximate surface area is 119 Å². The van der Waals surface area contributed by atoms with E-state index in [1.54, 1.807) is 0 Å². The fourth-order valence-electron chi connectivity index (χ4n) is 3.81. The molecule has 1 heterocycles. The molecule has 2 rings (SSSR count). The molecule has 2 aliphatic rings. The summed E-state index contributed by atoms with van der Waals surface area (Å²) in [6.45, 7) is 4.48. The average molecular weight is 267 g/mol. The van der Waals surface area contributed by atoms with Gasteiger partial charge in [0.2, 0.25) is 0 Å². The Morgan fingerprint density at radius 1 is 1.00 bits per heavy atom. The molecule has 1 saturated carbocycles. The lowest BCUT2D eigenvalue weighted by Gasteiger charge is -2.26. The van der Waals surface area contributed by atoms with Crippen LogP contribution in [0.4, 0.5) is 0 Å². The van der Waals surface area contributed by atoms with Crippen LogP contribution in [0.15, 0.2) is 0 Å².